The number of amides is 1. The van der Waals surface area contributed by atoms with E-state index in [-0.39, 0.29) is 10.8 Å². The monoisotopic (exact) mass is 377 g/mol. The topological polar surface area (TPSA) is 87.3 Å². The van der Waals surface area contributed by atoms with Gasteiger partial charge in [-0.2, -0.15) is 0 Å². The number of carbonyl (C=O) groups excluding carboxylic acids is 1. The second kappa shape index (κ2) is 7.33. The summed E-state index contributed by atoms with van der Waals surface area (Å²) in [7, 11) is -3.79. The lowest BCUT2D eigenvalue weighted by molar-refractivity contribution is -0.121. The van der Waals surface area contributed by atoms with Gasteiger partial charge >= 0.3 is 0 Å². The predicted molar refractivity (Wildman–Crippen MR) is 97.9 cm³/mol. The van der Waals surface area contributed by atoms with Gasteiger partial charge in [0.1, 0.15) is 11.9 Å². The molecule has 0 saturated heterocycles. The van der Waals surface area contributed by atoms with Crippen molar-refractivity contribution in [2.24, 2.45) is 0 Å². The fourth-order valence-corrected chi connectivity index (χ4v) is 3.39. The largest absolute Gasteiger partial charge is 0.374 e. The Morgan fingerprint density at radius 2 is 1.62 bits per heavy atom. The molecule has 3 rings (SSSR count). The van der Waals surface area contributed by atoms with E-state index in [1.165, 1.54) is 12.1 Å². The Labute approximate surface area is 151 Å². The summed E-state index contributed by atoms with van der Waals surface area (Å²) in [6, 6.07) is 11.1. The quantitative estimate of drug-likeness (QED) is 0.692. The molecule has 1 unspecified atom stereocenters. The van der Waals surface area contributed by atoms with Crippen molar-refractivity contribution in [3.63, 3.8) is 0 Å². The lowest BCUT2D eigenvalue weighted by Crippen LogP contribution is -2.38. The number of rotatable bonds is 7. The molecule has 1 aliphatic carbocycles. The van der Waals surface area contributed by atoms with E-state index < -0.39 is 21.9 Å². The van der Waals surface area contributed by atoms with Crippen molar-refractivity contribution in [3.05, 3.63) is 54.3 Å². The van der Waals surface area contributed by atoms with Crippen molar-refractivity contribution in [2.45, 2.75) is 36.7 Å². The van der Waals surface area contributed by atoms with Crippen LogP contribution in [0.25, 0.3) is 0 Å². The number of benzene rings is 2. The molecule has 0 heterocycles. The van der Waals surface area contributed by atoms with Gasteiger partial charge in [-0.05, 0) is 68.3 Å². The first-order valence-electron chi connectivity index (χ1n) is 8.29. The average molecular weight is 377 g/mol. The Hall–Kier alpha value is -2.61. The molecule has 2 aromatic carbocycles. The van der Waals surface area contributed by atoms with E-state index in [0.29, 0.717) is 17.4 Å². The zero-order valence-corrected chi connectivity index (χ0v) is 15.0. The third-order valence-electron chi connectivity index (χ3n) is 3.96. The molecule has 6 nitrogen and oxygen atoms in total. The Morgan fingerprint density at radius 1 is 1.04 bits per heavy atom. The number of hydrogen-bond acceptors (Lipinski definition) is 4. The fraction of sp³-hybridized carbons (Fsp3) is 0.278. The van der Waals surface area contributed by atoms with Gasteiger partial charge in [0.05, 0.1) is 4.90 Å². The van der Waals surface area contributed by atoms with Crippen LogP contribution in [0.3, 0.4) is 0 Å². The van der Waals surface area contributed by atoms with Crippen LogP contribution in [0.4, 0.5) is 15.8 Å². The fourth-order valence-electron chi connectivity index (χ4n) is 2.33. The zero-order valence-electron chi connectivity index (χ0n) is 14.2. The van der Waals surface area contributed by atoms with Crippen molar-refractivity contribution < 1.29 is 17.6 Å². The maximum absolute atomic E-state index is 12.9. The van der Waals surface area contributed by atoms with Gasteiger partial charge in [-0.15, -0.1) is 0 Å². The molecular formula is C18H20FN3O3S. The van der Waals surface area contributed by atoms with Crippen LogP contribution in [-0.2, 0) is 14.8 Å². The minimum atomic E-state index is -3.79. The predicted octanol–water partition coefficient (Wildman–Crippen LogP) is 2.71. The summed E-state index contributed by atoms with van der Waals surface area (Å²) in [4.78, 5) is 11.9. The molecule has 2 aromatic rings. The van der Waals surface area contributed by atoms with E-state index in [2.05, 4.69) is 15.4 Å². The number of sulfonamides is 1. The molecule has 8 heteroatoms. The second-order valence-corrected chi connectivity index (χ2v) is 7.97. The molecule has 0 aliphatic heterocycles. The van der Waals surface area contributed by atoms with Crippen LogP contribution in [0.2, 0.25) is 0 Å². The lowest BCUT2D eigenvalue weighted by atomic mass is 10.2. The Bertz CT molecular complexity index is 879. The normalized spacial score (nSPS) is 15.2. The number of hydrogen-bond donors (Lipinski definition) is 3. The lowest BCUT2D eigenvalue weighted by Gasteiger charge is -2.15. The molecule has 0 aromatic heterocycles. The minimum Gasteiger partial charge on any atom is -0.374 e. The number of halogens is 1. The summed E-state index contributed by atoms with van der Waals surface area (Å²) in [5, 5.41) is 5.99. The van der Waals surface area contributed by atoms with Crippen LogP contribution in [0.5, 0.6) is 0 Å². The van der Waals surface area contributed by atoms with E-state index in [0.717, 1.165) is 25.0 Å². The minimum absolute atomic E-state index is 0.0218. The van der Waals surface area contributed by atoms with Gasteiger partial charge in [0, 0.05) is 17.4 Å². The van der Waals surface area contributed by atoms with Crippen LogP contribution in [0, 0.1) is 5.82 Å². The van der Waals surface area contributed by atoms with Crippen LogP contribution < -0.4 is 15.4 Å². The second-order valence-electron chi connectivity index (χ2n) is 6.29. The van der Waals surface area contributed by atoms with Gasteiger partial charge < -0.3 is 10.6 Å². The highest BCUT2D eigenvalue weighted by Gasteiger charge is 2.25. The van der Waals surface area contributed by atoms with E-state index >= 15 is 0 Å². The third kappa shape index (κ3) is 4.72. The van der Waals surface area contributed by atoms with E-state index in [4.69, 9.17) is 0 Å². The first-order chi connectivity index (χ1) is 12.3. The van der Waals surface area contributed by atoms with Gasteiger partial charge in [0.25, 0.3) is 10.0 Å². The van der Waals surface area contributed by atoms with Crippen molar-refractivity contribution in [2.75, 3.05) is 10.0 Å². The van der Waals surface area contributed by atoms with Crippen molar-refractivity contribution in [3.8, 4) is 0 Å². The van der Waals surface area contributed by atoms with E-state index in [1.807, 2.05) is 0 Å². The van der Waals surface area contributed by atoms with Gasteiger partial charge in [-0.25, -0.2) is 12.8 Å². The molecule has 0 radical (unpaired) electrons. The summed E-state index contributed by atoms with van der Waals surface area (Å²) in [5.74, 6) is -0.562. The summed E-state index contributed by atoms with van der Waals surface area (Å²) in [6.07, 6.45) is 2.06. The molecular weight excluding hydrogens is 357 g/mol. The van der Waals surface area contributed by atoms with Crippen LogP contribution in [-0.4, -0.2) is 26.4 Å². The summed E-state index contributed by atoms with van der Waals surface area (Å²) >= 11 is 0. The van der Waals surface area contributed by atoms with Crippen molar-refractivity contribution >= 4 is 27.3 Å². The van der Waals surface area contributed by atoms with Gasteiger partial charge in [-0.1, -0.05) is 0 Å². The molecule has 3 N–H and O–H groups in total. The van der Waals surface area contributed by atoms with Gasteiger partial charge in [-0.3, -0.25) is 9.52 Å². The highest BCUT2D eigenvalue weighted by Crippen LogP contribution is 2.20. The molecule has 1 saturated carbocycles. The highest BCUT2D eigenvalue weighted by atomic mass is 32.2. The smallest absolute Gasteiger partial charge is 0.261 e. The molecule has 1 aliphatic rings. The van der Waals surface area contributed by atoms with Crippen LogP contribution in [0.15, 0.2) is 53.4 Å². The molecule has 26 heavy (non-hydrogen) atoms. The van der Waals surface area contributed by atoms with Crippen LogP contribution >= 0.6 is 0 Å². The number of nitrogens with one attached hydrogen (secondary N) is 3. The Morgan fingerprint density at radius 3 is 2.19 bits per heavy atom. The molecule has 138 valence electrons. The molecule has 0 spiro atoms. The number of anilines is 2. The van der Waals surface area contributed by atoms with Crippen LogP contribution in [0.1, 0.15) is 19.8 Å². The molecule has 1 fully saturated rings. The van der Waals surface area contributed by atoms with Crippen molar-refractivity contribution in [1.82, 2.24) is 5.32 Å². The van der Waals surface area contributed by atoms with E-state index in [9.17, 15) is 17.6 Å². The average Bonchev–Trinajstić information content (AvgIpc) is 3.40. The number of carbonyl (C=O) groups is 1. The summed E-state index contributed by atoms with van der Waals surface area (Å²) < 4.78 is 39.9. The Kier molecular flexibility index (Phi) is 5.13. The molecule has 0 bridgehead atoms. The maximum Gasteiger partial charge on any atom is 0.261 e. The molecule has 1 amide bonds. The Balaban J connectivity index is 1.61. The van der Waals surface area contributed by atoms with Gasteiger partial charge in [0.15, 0.2) is 0 Å². The summed E-state index contributed by atoms with van der Waals surface area (Å²) in [6.45, 7) is 1.77. The zero-order chi connectivity index (χ0) is 18.7. The maximum atomic E-state index is 12.9. The first kappa shape index (κ1) is 18.2. The standard InChI is InChI=1S/C18H20FN3O3S/c1-12(18(23)21-15-4-5-15)20-14-6-8-16(9-7-14)22-26(24,25)17-10-2-13(19)3-11-17/h2-3,6-12,15,20,22H,4-5H2,1H3,(H,21,23). The third-order valence-corrected chi connectivity index (χ3v) is 5.36. The van der Waals surface area contributed by atoms with Crippen molar-refractivity contribution in [1.29, 1.82) is 0 Å². The first-order valence-corrected chi connectivity index (χ1v) is 9.77. The highest BCUT2D eigenvalue weighted by molar-refractivity contribution is 7.92. The SMILES string of the molecule is CC(Nc1ccc(NS(=O)(=O)c2ccc(F)cc2)cc1)C(=O)NC1CC1. The molecule has 1 atom stereocenters. The van der Waals surface area contributed by atoms with Gasteiger partial charge in [0.2, 0.25) is 5.91 Å². The summed E-state index contributed by atoms with van der Waals surface area (Å²) in [5.41, 5.74) is 1.07. The van der Waals surface area contributed by atoms with E-state index in [1.54, 1.807) is 31.2 Å².